The zero-order valence-electron chi connectivity index (χ0n) is 14.2. The molecule has 4 rings (SSSR count). The molecule has 0 radical (unpaired) electrons. The summed E-state index contributed by atoms with van der Waals surface area (Å²) in [6.45, 7) is 5.01. The van der Waals surface area contributed by atoms with Crippen molar-refractivity contribution in [3.05, 3.63) is 41.8 Å². The number of anilines is 1. The number of nitrogens with zero attached hydrogens (tertiary/aromatic N) is 3. The molecular formula is C17H13F4N3O3S. The Morgan fingerprint density at radius 2 is 1.75 bits per heavy atom. The van der Waals surface area contributed by atoms with E-state index in [-0.39, 0.29) is 6.54 Å². The summed E-state index contributed by atoms with van der Waals surface area (Å²) in [6, 6.07) is 3.17. The first-order valence-electron chi connectivity index (χ1n) is 8.10. The maximum Gasteiger partial charge on any atom is 0.507 e. The van der Waals surface area contributed by atoms with Gasteiger partial charge in [0.25, 0.3) is 0 Å². The van der Waals surface area contributed by atoms with Gasteiger partial charge in [-0.2, -0.15) is 22.6 Å². The van der Waals surface area contributed by atoms with E-state index in [1.165, 1.54) is 22.7 Å². The first kappa shape index (κ1) is 18.7. The van der Waals surface area contributed by atoms with E-state index in [1.54, 1.807) is 4.90 Å². The van der Waals surface area contributed by atoms with E-state index in [9.17, 15) is 22.4 Å². The number of ether oxygens (including phenoxy) is 2. The van der Waals surface area contributed by atoms with Crippen molar-refractivity contribution in [1.29, 1.82) is 0 Å². The summed E-state index contributed by atoms with van der Waals surface area (Å²) in [7, 11) is 0. The molecule has 1 aromatic rings. The molecule has 0 atom stereocenters. The zero-order chi connectivity index (χ0) is 20.1. The molecule has 0 unspecified atom stereocenters. The third-order valence-corrected chi connectivity index (χ3v) is 5.05. The Morgan fingerprint density at radius 3 is 2.43 bits per heavy atom. The van der Waals surface area contributed by atoms with Gasteiger partial charge in [0.2, 0.25) is 0 Å². The normalized spacial score (nSPS) is 23.6. The molecule has 2 amide bonds. The second-order valence-corrected chi connectivity index (χ2v) is 7.30. The number of aliphatic imine (C=N–C) groups is 1. The molecule has 0 N–H and O–H groups in total. The summed E-state index contributed by atoms with van der Waals surface area (Å²) in [5.41, 5.74) is 0.320. The molecule has 28 heavy (non-hydrogen) atoms. The molecule has 6 nitrogen and oxygen atoms in total. The minimum absolute atomic E-state index is 0.265. The summed E-state index contributed by atoms with van der Waals surface area (Å²) in [4.78, 5) is 20.1. The van der Waals surface area contributed by atoms with Gasteiger partial charge in [0.15, 0.2) is 16.7 Å². The largest absolute Gasteiger partial charge is 0.507 e. The highest BCUT2D eigenvalue weighted by atomic mass is 32.2. The molecular weight excluding hydrogens is 402 g/mol. The van der Waals surface area contributed by atoms with Crippen molar-refractivity contribution >= 4 is 28.6 Å². The number of alkyl halides is 4. The summed E-state index contributed by atoms with van der Waals surface area (Å²) in [5.74, 6) is -1.05. The predicted molar refractivity (Wildman–Crippen MR) is 95.2 cm³/mol. The van der Waals surface area contributed by atoms with Gasteiger partial charge in [0.1, 0.15) is 0 Å². The fourth-order valence-electron chi connectivity index (χ4n) is 2.76. The molecule has 0 aliphatic carbocycles. The molecule has 1 aromatic carbocycles. The number of amides is 2. The van der Waals surface area contributed by atoms with Crippen LogP contribution in [0.25, 0.3) is 0 Å². The monoisotopic (exact) mass is 415 g/mol. The topological polar surface area (TPSA) is 54.4 Å². The Bertz CT molecular complexity index is 911. The lowest BCUT2D eigenvalue weighted by atomic mass is 10.2. The van der Waals surface area contributed by atoms with Crippen molar-refractivity contribution in [3.8, 4) is 11.5 Å². The van der Waals surface area contributed by atoms with Gasteiger partial charge in [-0.25, -0.2) is 4.79 Å². The molecule has 3 aliphatic rings. The van der Waals surface area contributed by atoms with Gasteiger partial charge in [-0.3, -0.25) is 0 Å². The highest BCUT2D eigenvalue weighted by Crippen LogP contribution is 2.48. The fourth-order valence-corrected chi connectivity index (χ4v) is 3.61. The van der Waals surface area contributed by atoms with E-state index in [4.69, 9.17) is 0 Å². The SMILES string of the molecule is C=C1CN(c2ccc3c(c2)OC(F)(F)C(F)(F)O3)/C(=N/C(=O)N2CC=CC2)S1. The molecule has 0 spiro atoms. The second-order valence-electron chi connectivity index (χ2n) is 6.15. The number of rotatable bonds is 1. The van der Waals surface area contributed by atoms with Crippen LogP contribution in [0.1, 0.15) is 0 Å². The van der Waals surface area contributed by atoms with Crippen molar-refractivity contribution in [2.24, 2.45) is 4.99 Å². The summed E-state index contributed by atoms with van der Waals surface area (Å²) < 4.78 is 61.7. The van der Waals surface area contributed by atoms with Crippen LogP contribution in [0.4, 0.5) is 28.0 Å². The van der Waals surface area contributed by atoms with Crippen LogP contribution in [-0.2, 0) is 0 Å². The standard InChI is InChI=1S/C17H13F4N3O3S/c1-10-9-24(15(28-10)22-14(25)23-6-2-3-7-23)11-4-5-12-13(8-11)27-17(20,21)16(18,19)26-12/h2-5,8H,1,6-7,9H2/b22-15-. The number of urea groups is 1. The summed E-state index contributed by atoms with van der Waals surface area (Å²) in [6.07, 6.45) is -5.90. The first-order chi connectivity index (χ1) is 13.2. The van der Waals surface area contributed by atoms with Crippen LogP contribution < -0.4 is 14.4 Å². The third-order valence-electron chi connectivity index (χ3n) is 4.14. The highest BCUT2D eigenvalue weighted by molar-refractivity contribution is 8.18. The van der Waals surface area contributed by atoms with Crippen molar-refractivity contribution < 1.29 is 31.8 Å². The van der Waals surface area contributed by atoms with Gasteiger partial charge in [0.05, 0.1) is 6.54 Å². The number of hydrogen-bond donors (Lipinski definition) is 0. The lowest BCUT2D eigenvalue weighted by molar-refractivity contribution is -0.391. The van der Waals surface area contributed by atoms with Crippen LogP contribution in [0.2, 0.25) is 0 Å². The number of carbonyl (C=O) groups is 1. The Morgan fingerprint density at radius 1 is 1.11 bits per heavy atom. The molecule has 3 aliphatic heterocycles. The minimum atomic E-state index is -4.81. The first-order valence-corrected chi connectivity index (χ1v) is 8.91. The number of thioether (sulfide) groups is 1. The van der Waals surface area contributed by atoms with E-state index in [0.29, 0.717) is 28.8 Å². The van der Waals surface area contributed by atoms with E-state index >= 15 is 0 Å². The van der Waals surface area contributed by atoms with Crippen molar-refractivity contribution in [1.82, 2.24) is 4.90 Å². The molecule has 1 fully saturated rings. The molecule has 11 heteroatoms. The molecule has 1 saturated heterocycles. The number of hydrogen-bond acceptors (Lipinski definition) is 4. The van der Waals surface area contributed by atoms with Crippen molar-refractivity contribution in [2.45, 2.75) is 12.2 Å². The number of benzene rings is 1. The smallest absolute Gasteiger partial charge is 0.421 e. The molecule has 0 aromatic heterocycles. The van der Waals surface area contributed by atoms with Crippen LogP contribution in [0.3, 0.4) is 0 Å². The predicted octanol–water partition coefficient (Wildman–Crippen LogP) is 4.06. The van der Waals surface area contributed by atoms with Crippen LogP contribution in [-0.4, -0.2) is 48.0 Å². The fraction of sp³-hybridized carbons (Fsp3) is 0.294. The second kappa shape index (κ2) is 6.43. The van der Waals surface area contributed by atoms with Gasteiger partial charge in [-0.05, 0) is 12.1 Å². The lowest BCUT2D eigenvalue weighted by Gasteiger charge is -2.32. The quantitative estimate of drug-likeness (QED) is 0.512. The van der Waals surface area contributed by atoms with E-state index in [1.807, 2.05) is 12.2 Å². The van der Waals surface area contributed by atoms with E-state index < -0.39 is 29.7 Å². The van der Waals surface area contributed by atoms with Crippen LogP contribution in [0.15, 0.2) is 46.8 Å². The summed E-state index contributed by atoms with van der Waals surface area (Å²) >= 11 is 1.17. The van der Waals surface area contributed by atoms with Crippen molar-refractivity contribution in [2.75, 3.05) is 24.5 Å². The maximum atomic E-state index is 13.4. The number of fused-ring (bicyclic) bond motifs is 1. The number of halogens is 4. The van der Waals surface area contributed by atoms with Gasteiger partial charge >= 0.3 is 18.2 Å². The highest BCUT2D eigenvalue weighted by Gasteiger charge is 2.66. The molecule has 3 heterocycles. The van der Waals surface area contributed by atoms with Gasteiger partial charge in [-0.15, -0.1) is 0 Å². The number of carbonyl (C=O) groups excluding carboxylic acids is 1. The number of amidine groups is 1. The lowest BCUT2D eigenvalue weighted by Crippen LogP contribution is -2.52. The molecule has 0 bridgehead atoms. The van der Waals surface area contributed by atoms with Gasteiger partial charge in [-0.1, -0.05) is 30.5 Å². The zero-order valence-corrected chi connectivity index (χ0v) is 15.0. The third kappa shape index (κ3) is 3.19. The van der Waals surface area contributed by atoms with Gasteiger partial charge < -0.3 is 19.3 Å². The Kier molecular flexibility index (Phi) is 4.29. The Balaban J connectivity index is 1.63. The molecule has 0 saturated carbocycles. The van der Waals surface area contributed by atoms with Gasteiger partial charge in [0, 0.05) is 29.7 Å². The van der Waals surface area contributed by atoms with Crippen molar-refractivity contribution in [3.63, 3.8) is 0 Å². The van der Waals surface area contributed by atoms with Crippen LogP contribution >= 0.6 is 11.8 Å². The Hall–Kier alpha value is -2.69. The van der Waals surface area contributed by atoms with E-state index in [0.717, 1.165) is 12.1 Å². The maximum absolute atomic E-state index is 13.4. The minimum Gasteiger partial charge on any atom is -0.421 e. The molecule has 148 valence electrons. The van der Waals surface area contributed by atoms with E-state index in [2.05, 4.69) is 21.0 Å². The van der Waals surface area contributed by atoms with Crippen LogP contribution in [0, 0.1) is 0 Å². The van der Waals surface area contributed by atoms with Crippen LogP contribution in [0.5, 0.6) is 11.5 Å². The Labute approximate surface area is 161 Å². The summed E-state index contributed by atoms with van der Waals surface area (Å²) in [5, 5.41) is 0.302. The average Bonchev–Trinajstić information content (AvgIpc) is 3.25. The average molecular weight is 415 g/mol.